The van der Waals surface area contributed by atoms with Gasteiger partial charge in [0.25, 0.3) is 5.91 Å². The van der Waals surface area contributed by atoms with Crippen molar-refractivity contribution in [3.8, 4) is 0 Å². The minimum Gasteiger partial charge on any atom is -0.308 e. The smallest absolute Gasteiger partial charge is 0.258 e. The van der Waals surface area contributed by atoms with Crippen LogP contribution in [0.5, 0.6) is 0 Å². The first-order valence-corrected chi connectivity index (χ1v) is 10.5. The molecule has 0 radical (unpaired) electrons. The van der Waals surface area contributed by atoms with Crippen LogP contribution in [0.2, 0.25) is 0 Å². The zero-order chi connectivity index (χ0) is 16.4. The number of benzene rings is 1. The third-order valence-corrected chi connectivity index (χ3v) is 5.73. The van der Waals surface area contributed by atoms with Crippen molar-refractivity contribution < 1.29 is 13.2 Å². The molecule has 1 aliphatic heterocycles. The van der Waals surface area contributed by atoms with Gasteiger partial charge in [0, 0.05) is 28.4 Å². The highest BCUT2D eigenvalue weighted by Crippen LogP contribution is 2.41. The van der Waals surface area contributed by atoms with Crippen LogP contribution >= 0.6 is 10.7 Å². The van der Waals surface area contributed by atoms with Crippen molar-refractivity contribution in [3.63, 3.8) is 0 Å². The number of carbonyl (C=O) groups excluding carboxylic acids is 1. The minimum atomic E-state index is -3.41. The number of hydrogen-bond acceptors (Lipinski definition) is 3. The van der Waals surface area contributed by atoms with E-state index in [1.165, 1.54) is 12.0 Å². The molecule has 0 bridgehead atoms. The maximum absolute atomic E-state index is 12.6. The lowest BCUT2D eigenvalue weighted by atomic mass is 9.88. The number of fused-ring (bicyclic) bond motifs is 1. The minimum absolute atomic E-state index is 0.00330. The van der Waals surface area contributed by atoms with Gasteiger partial charge in [-0.1, -0.05) is 24.6 Å². The summed E-state index contributed by atoms with van der Waals surface area (Å²) < 4.78 is 21.9. The topological polar surface area (TPSA) is 54.5 Å². The lowest BCUT2D eigenvalue weighted by Crippen LogP contribution is -2.26. The summed E-state index contributed by atoms with van der Waals surface area (Å²) >= 11 is 0. The first kappa shape index (κ1) is 16.5. The van der Waals surface area contributed by atoms with Crippen LogP contribution in [0.15, 0.2) is 29.8 Å². The van der Waals surface area contributed by atoms with Crippen molar-refractivity contribution in [2.45, 2.75) is 38.5 Å². The van der Waals surface area contributed by atoms with Crippen LogP contribution in [0.3, 0.4) is 0 Å². The monoisotopic (exact) mass is 353 g/mol. The van der Waals surface area contributed by atoms with Crippen molar-refractivity contribution in [1.29, 1.82) is 0 Å². The fourth-order valence-electron chi connectivity index (χ4n) is 3.17. The van der Waals surface area contributed by atoms with Gasteiger partial charge in [-0.15, -0.1) is 0 Å². The summed E-state index contributed by atoms with van der Waals surface area (Å²) in [4.78, 5) is 14.5. The Morgan fingerprint density at radius 2 is 1.74 bits per heavy atom. The summed E-state index contributed by atoms with van der Waals surface area (Å²) in [5, 5.41) is 0. The van der Waals surface area contributed by atoms with E-state index in [2.05, 4.69) is 0 Å². The average Bonchev–Trinajstić information content (AvgIpc) is 2.70. The number of nitrogens with zero attached hydrogens (tertiary/aromatic N) is 1. The molecule has 124 valence electrons. The number of allylic oxidation sites excluding steroid dienone is 1. The third kappa shape index (κ3) is 3.61. The van der Waals surface area contributed by atoms with Crippen LogP contribution in [0, 0.1) is 0 Å². The Balaban J connectivity index is 1.68. The molecule has 0 spiro atoms. The van der Waals surface area contributed by atoms with Crippen molar-refractivity contribution in [3.05, 3.63) is 41.0 Å². The molecule has 1 saturated carbocycles. The maximum Gasteiger partial charge on any atom is 0.258 e. The van der Waals surface area contributed by atoms with Gasteiger partial charge in [0.15, 0.2) is 0 Å². The second-order valence-corrected chi connectivity index (χ2v) is 9.01. The van der Waals surface area contributed by atoms with Crippen LogP contribution in [0.4, 0.5) is 0 Å². The molecule has 0 N–H and O–H groups in total. The molecule has 1 aromatic carbocycles. The van der Waals surface area contributed by atoms with Gasteiger partial charge < -0.3 is 4.90 Å². The molecule has 0 aromatic heterocycles. The quantitative estimate of drug-likeness (QED) is 0.577. The summed E-state index contributed by atoms with van der Waals surface area (Å²) in [5.41, 5.74) is 4.30. The standard InChI is InChI=1S/C17H20ClNO3S/c18-23(21,22)12-5-1-4-11-19-16(13-7-6-8-13)14-9-2-3-10-15(14)17(19)20/h2-3,9-10H,1,4-8,11-12H2. The second kappa shape index (κ2) is 6.65. The molecule has 3 rings (SSSR count). The Morgan fingerprint density at radius 1 is 1.04 bits per heavy atom. The molecule has 4 nitrogen and oxygen atoms in total. The molecule has 0 unspecified atom stereocenters. The molecule has 1 fully saturated rings. The Labute approximate surface area is 141 Å². The van der Waals surface area contributed by atoms with Gasteiger partial charge in [-0.05, 0) is 43.7 Å². The second-order valence-electron chi connectivity index (χ2n) is 6.11. The van der Waals surface area contributed by atoms with E-state index in [1.54, 1.807) is 0 Å². The summed E-state index contributed by atoms with van der Waals surface area (Å²) in [5.74, 6) is 0.0661. The van der Waals surface area contributed by atoms with Gasteiger partial charge >= 0.3 is 0 Å². The summed E-state index contributed by atoms with van der Waals surface area (Å²) in [6.07, 6.45) is 5.39. The maximum atomic E-state index is 12.6. The number of rotatable bonds is 6. The number of carbonyl (C=O) groups is 1. The van der Waals surface area contributed by atoms with Gasteiger partial charge in [-0.3, -0.25) is 4.79 Å². The fraction of sp³-hybridized carbons (Fsp3) is 0.471. The van der Waals surface area contributed by atoms with Gasteiger partial charge in [0.2, 0.25) is 9.05 Å². The van der Waals surface area contributed by atoms with Gasteiger partial charge in [0.05, 0.1) is 11.4 Å². The Morgan fingerprint density at radius 3 is 2.35 bits per heavy atom. The number of hydrogen-bond donors (Lipinski definition) is 0. The van der Waals surface area contributed by atoms with Crippen molar-refractivity contribution in [1.82, 2.24) is 4.90 Å². The van der Waals surface area contributed by atoms with E-state index in [9.17, 15) is 13.2 Å². The number of halogens is 1. The highest BCUT2D eigenvalue weighted by molar-refractivity contribution is 8.13. The van der Waals surface area contributed by atoms with E-state index in [0.29, 0.717) is 13.0 Å². The molecule has 1 amide bonds. The summed E-state index contributed by atoms with van der Waals surface area (Å²) in [6.45, 7) is 0.634. The predicted molar refractivity (Wildman–Crippen MR) is 91.7 cm³/mol. The van der Waals surface area contributed by atoms with Crippen LogP contribution in [-0.4, -0.2) is 31.5 Å². The zero-order valence-corrected chi connectivity index (χ0v) is 14.5. The largest absolute Gasteiger partial charge is 0.308 e. The van der Waals surface area contributed by atoms with E-state index in [1.807, 2.05) is 29.2 Å². The molecule has 23 heavy (non-hydrogen) atoms. The van der Waals surface area contributed by atoms with Crippen molar-refractivity contribution in [2.75, 3.05) is 12.3 Å². The van der Waals surface area contributed by atoms with Crippen LogP contribution < -0.4 is 0 Å². The first-order valence-electron chi connectivity index (χ1n) is 8.03. The molecule has 0 saturated heterocycles. The molecule has 1 heterocycles. The summed E-state index contributed by atoms with van der Waals surface area (Å²) in [7, 11) is 1.80. The van der Waals surface area contributed by atoms with Gasteiger partial charge in [-0.25, -0.2) is 8.42 Å². The first-order chi connectivity index (χ1) is 11.0. The fourth-order valence-corrected chi connectivity index (χ4v) is 4.05. The highest BCUT2D eigenvalue weighted by atomic mass is 35.7. The zero-order valence-electron chi connectivity index (χ0n) is 12.9. The lowest BCUT2D eigenvalue weighted by molar-refractivity contribution is 0.0847. The van der Waals surface area contributed by atoms with E-state index in [4.69, 9.17) is 10.7 Å². The van der Waals surface area contributed by atoms with Gasteiger partial charge in [0.1, 0.15) is 0 Å². The average molecular weight is 354 g/mol. The predicted octanol–water partition coefficient (Wildman–Crippen LogP) is 3.78. The molecule has 1 aromatic rings. The Hall–Kier alpha value is -1.33. The highest BCUT2D eigenvalue weighted by Gasteiger charge is 2.34. The normalized spacial score (nSPS) is 17.4. The summed E-state index contributed by atoms with van der Waals surface area (Å²) in [6, 6.07) is 7.78. The molecule has 0 atom stereocenters. The number of amides is 1. The van der Waals surface area contributed by atoms with E-state index >= 15 is 0 Å². The van der Waals surface area contributed by atoms with E-state index in [0.717, 1.165) is 42.5 Å². The molecular weight excluding hydrogens is 334 g/mol. The molecule has 2 aliphatic rings. The van der Waals surface area contributed by atoms with Crippen molar-refractivity contribution in [2.24, 2.45) is 0 Å². The molecular formula is C17H20ClNO3S. The van der Waals surface area contributed by atoms with Crippen LogP contribution in [0.25, 0.3) is 5.70 Å². The Kier molecular flexibility index (Phi) is 4.78. The number of unbranched alkanes of at least 4 members (excludes halogenated alkanes) is 2. The Bertz CT molecular complexity index is 749. The SMILES string of the molecule is O=C1c2ccccc2C(=C2CCC2)N1CCCCCS(=O)(=O)Cl. The molecule has 1 aliphatic carbocycles. The lowest BCUT2D eigenvalue weighted by Gasteiger charge is -2.26. The third-order valence-electron chi connectivity index (χ3n) is 4.49. The van der Waals surface area contributed by atoms with Gasteiger partial charge in [-0.2, -0.15) is 0 Å². The molecule has 6 heteroatoms. The van der Waals surface area contributed by atoms with E-state index < -0.39 is 9.05 Å². The van der Waals surface area contributed by atoms with Crippen LogP contribution in [-0.2, 0) is 9.05 Å². The van der Waals surface area contributed by atoms with E-state index in [-0.39, 0.29) is 11.7 Å². The van der Waals surface area contributed by atoms with Crippen LogP contribution in [0.1, 0.15) is 54.4 Å². The van der Waals surface area contributed by atoms with Crippen molar-refractivity contribution >= 4 is 31.3 Å².